The monoisotopic (exact) mass is 578 g/mol. The van der Waals surface area contributed by atoms with Crippen LogP contribution in [0.1, 0.15) is 16.1 Å². The molecule has 4 rings (SSSR count). The molecule has 0 spiro atoms. The molecule has 20 heteroatoms. The molecule has 0 amide bonds. The van der Waals surface area contributed by atoms with E-state index in [1.54, 1.807) is 0 Å². The van der Waals surface area contributed by atoms with Crippen molar-refractivity contribution in [1.82, 2.24) is 4.73 Å². The van der Waals surface area contributed by atoms with Crippen LogP contribution in [0.5, 0.6) is 23.0 Å². The second-order valence-electron chi connectivity index (χ2n) is 6.37. The lowest BCUT2D eigenvalue weighted by Crippen LogP contribution is -2.22. The first-order chi connectivity index (χ1) is 17.0. The van der Waals surface area contributed by atoms with Gasteiger partial charge >= 0.3 is 0 Å². The number of aliphatic imine (C=N–C) groups is 1. The molecule has 0 aliphatic carbocycles. The molecular formula is C16H6N2O14S4-4. The van der Waals surface area contributed by atoms with E-state index in [0.717, 1.165) is 0 Å². The maximum Gasteiger partial charge on any atom is 0.227 e. The van der Waals surface area contributed by atoms with E-state index in [1.807, 2.05) is 0 Å². The second kappa shape index (κ2) is 10.0. The van der Waals surface area contributed by atoms with Crippen molar-refractivity contribution < 1.29 is 61.8 Å². The fourth-order valence-corrected chi connectivity index (χ4v) is 4.46. The normalized spacial score (nSPS) is 16.1. The van der Waals surface area contributed by atoms with E-state index in [4.69, 9.17) is 0 Å². The Morgan fingerprint density at radius 2 is 1.47 bits per heavy atom. The molecule has 2 aromatic carbocycles. The van der Waals surface area contributed by atoms with Crippen molar-refractivity contribution in [2.24, 2.45) is 4.99 Å². The highest BCUT2D eigenvalue weighted by atomic mass is 32.2. The number of Topliss-reactive ketones (excluding diaryl/α,β-unsaturated/α-hetero) is 1. The Balaban J connectivity index is 2.13. The van der Waals surface area contributed by atoms with E-state index in [0.29, 0.717) is 6.07 Å². The van der Waals surface area contributed by atoms with Gasteiger partial charge in [0, 0.05) is 11.6 Å². The Labute approximate surface area is 209 Å². The summed E-state index contributed by atoms with van der Waals surface area (Å²) in [4.78, 5) is 17.0. The molecule has 1 aromatic heterocycles. The van der Waals surface area contributed by atoms with Gasteiger partial charge in [0.25, 0.3) is 0 Å². The van der Waals surface area contributed by atoms with Crippen molar-refractivity contribution in [3.63, 3.8) is 0 Å². The number of carbonyl (C=O) groups is 1. The Hall–Kier alpha value is -3.24. The zero-order valence-corrected chi connectivity index (χ0v) is 19.9. The zero-order valence-electron chi connectivity index (χ0n) is 16.7. The number of aromatic hydroxyl groups is 1. The summed E-state index contributed by atoms with van der Waals surface area (Å²) in [5.74, 6) is -5.25. The third-order valence-electron chi connectivity index (χ3n) is 4.48. The smallest absolute Gasteiger partial charge is 0.227 e. The molecule has 0 fully saturated rings. The average Bonchev–Trinajstić information content (AvgIpc) is 3.23. The van der Waals surface area contributed by atoms with Crippen molar-refractivity contribution in [2.75, 3.05) is 0 Å². The van der Waals surface area contributed by atoms with Gasteiger partial charge < -0.3 is 40.2 Å². The van der Waals surface area contributed by atoms with Crippen LogP contribution in [0, 0.1) is 0 Å². The van der Waals surface area contributed by atoms with Gasteiger partial charge in [-0.05, 0) is 12.1 Å². The van der Waals surface area contributed by atoms with E-state index < -0.39 is 96.5 Å². The van der Waals surface area contributed by atoms with E-state index >= 15 is 0 Å². The number of benzene rings is 2. The van der Waals surface area contributed by atoms with E-state index in [2.05, 4.69) is 21.8 Å². The quantitative estimate of drug-likeness (QED) is 0.311. The Morgan fingerprint density at radius 1 is 0.861 bits per heavy atom. The van der Waals surface area contributed by atoms with Crippen LogP contribution in [0.3, 0.4) is 0 Å². The number of aromatic nitrogens is 1. The van der Waals surface area contributed by atoms with Gasteiger partial charge in [-0.15, -0.1) is 0 Å². The number of nitrogens with zero attached hydrogens (tertiary/aromatic N) is 2. The molecule has 0 bridgehead atoms. The maximum atomic E-state index is 12.9. The molecule has 192 valence electrons. The lowest BCUT2D eigenvalue weighted by Gasteiger charge is -2.19. The van der Waals surface area contributed by atoms with Crippen LogP contribution in [-0.2, 0) is 45.4 Å². The van der Waals surface area contributed by atoms with Gasteiger partial charge in [-0.2, -0.15) is 4.73 Å². The fraction of sp³-hybridized carbons (Fsp3) is 0. The SMILES string of the molecule is O=C1C(c2c(O)c3c(OS(=O)[O-])c(OS(=O)[O-])c(OS(=O)[O-])cc3n2OS(=O)[O-])=Nc2ccccc21. The highest BCUT2D eigenvalue weighted by Gasteiger charge is 2.36. The number of ketones is 1. The minimum absolute atomic E-state index is 0.0561. The van der Waals surface area contributed by atoms with Crippen LogP contribution in [0.4, 0.5) is 5.69 Å². The van der Waals surface area contributed by atoms with Gasteiger partial charge in [0.2, 0.25) is 11.5 Å². The molecule has 4 atom stereocenters. The summed E-state index contributed by atoms with van der Waals surface area (Å²) in [7, 11) is 0. The van der Waals surface area contributed by atoms with Gasteiger partial charge in [-0.25, -0.2) is 21.8 Å². The summed E-state index contributed by atoms with van der Waals surface area (Å²) in [6.45, 7) is 0. The minimum Gasteiger partial charge on any atom is -0.740 e. The summed E-state index contributed by atoms with van der Waals surface area (Å²) in [6, 6.07) is 6.45. The van der Waals surface area contributed by atoms with Crippen molar-refractivity contribution in [3.8, 4) is 23.0 Å². The second-order valence-corrected chi connectivity index (χ2v) is 8.65. The third kappa shape index (κ3) is 4.75. The van der Waals surface area contributed by atoms with Crippen LogP contribution in [0.25, 0.3) is 10.9 Å². The lowest BCUT2D eigenvalue weighted by atomic mass is 10.1. The first kappa shape index (κ1) is 25.8. The van der Waals surface area contributed by atoms with E-state index in [-0.39, 0.29) is 16.0 Å². The number of para-hydroxylation sites is 1. The van der Waals surface area contributed by atoms with Crippen molar-refractivity contribution >= 4 is 73.5 Å². The summed E-state index contributed by atoms with van der Waals surface area (Å²) in [5.41, 5.74) is -1.80. The first-order valence-electron chi connectivity index (χ1n) is 8.77. The molecule has 4 unspecified atom stereocenters. The van der Waals surface area contributed by atoms with Crippen LogP contribution in [0.15, 0.2) is 35.3 Å². The largest absolute Gasteiger partial charge is 0.740 e. The zero-order chi connectivity index (χ0) is 26.3. The van der Waals surface area contributed by atoms with Crippen molar-refractivity contribution in [2.45, 2.75) is 0 Å². The Morgan fingerprint density at radius 3 is 2.06 bits per heavy atom. The number of rotatable bonds is 9. The summed E-state index contributed by atoms with van der Waals surface area (Å²) in [6.07, 6.45) is 0. The molecule has 0 radical (unpaired) electrons. The van der Waals surface area contributed by atoms with E-state index in [1.165, 1.54) is 24.3 Å². The van der Waals surface area contributed by atoms with Gasteiger partial charge in [-0.3, -0.25) is 4.79 Å². The molecular weight excluding hydrogens is 572 g/mol. The van der Waals surface area contributed by atoms with Crippen LogP contribution < -0.4 is 16.8 Å². The number of carbonyl (C=O) groups excluding carboxylic acids is 1. The minimum atomic E-state index is -3.50. The van der Waals surface area contributed by atoms with Crippen LogP contribution >= 0.6 is 0 Å². The topological polar surface area (TPSA) is 252 Å². The highest BCUT2D eigenvalue weighted by molar-refractivity contribution is 7.75. The molecule has 16 nitrogen and oxygen atoms in total. The van der Waals surface area contributed by atoms with Gasteiger partial charge in [0.05, 0.1) is 11.1 Å². The highest BCUT2D eigenvalue weighted by Crippen LogP contribution is 2.50. The fourth-order valence-electron chi connectivity index (χ4n) is 3.33. The third-order valence-corrected chi connectivity index (χ3v) is 5.67. The number of hydrogen-bond donors (Lipinski definition) is 1. The standard InChI is InChI=1S/C16H10N2O14S4/c19-13-6-3-1-2-4-7(6)17-11(13)12-14(20)10-8(18(12)32-36(27)28)5-9(29-33(21)22)15(30-34(23)24)16(10)31-35(25)26/h1-5,20H,(H,21,22)(H,23,24)(H,25,26)(H,27,28)/p-4. The molecule has 1 aliphatic rings. The Bertz CT molecular complexity index is 1550. The first-order valence-corrected chi connectivity index (χ1v) is 12.8. The predicted octanol–water partition coefficient (Wildman–Crippen LogP) is -0.595. The van der Waals surface area contributed by atoms with Crippen molar-refractivity contribution in [3.05, 3.63) is 41.6 Å². The summed E-state index contributed by atoms with van der Waals surface area (Å²) >= 11 is -13.8. The molecule has 0 saturated heterocycles. The molecule has 1 N–H and O–H groups in total. The predicted molar refractivity (Wildman–Crippen MR) is 115 cm³/mol. The molecule has 2 heterocycles. The molecule has 36 heavy (non-hydrogen) atoms. The lowest BCUT2D eigenvalue weighted by molar-refractivity contribution is 0.106. The number of hydrogen-bond acceptors (Lipinski definition) is 15. The van der Waals surface area contributed by atoms with Crippen molar-refractivity contribution in [1.29, 1.82) is 0 Å². The maximum absolute atomic E-state index is 12.9. The molecule has 0 saturated carbocycles. The summed E-state index contributed by atoms with van der Waals surface area (Å²) in [5, 5.41) is 10.2. The van der Waals surface area contributed by atoms with E-state index in [9.17, 15) is 44.9 Å². The van der Waals surface area contributed by atoms with Gasteiger partial charge in [0.1, 0.15) is 45.3 Å². The average molecular weight is 578 g/mol. The number of fused-ring (bicyclic) bond motifs is 2. The molecule has 3 aromatic rings. The Kier molecular flexibility index (Phi) is 7.19. The molecule has 1 aliphatic heterocycles. The van der Waals surface area contributed by atoms with Crippen LogP contribution in [0.2, 0.25) is 0 Å². The van der Waals surface area contributed by atoms with Gasteiger partial charge in [0.15, 0.2) is 34.3 Å². The van der Waals surface area contributed by atoms with Crippen LogP contribution in [-0.4, -0.2) is 56.4 Å². The summed E-state index contributed by atoms with van der Waals surface area (Å²) < 4.78 is 108. The van der Waals surface area contributed by atoms with Gasteiger partial charge in [-0.1, -0.05) is 12.1 Å².